The summed E-state index contributed by atoms with van der Waals surface area (Å²) in [5.74, 6) is 0.628. The summed E-state index contributed by atoms with van der Waals surface area (Å²) in [6.07, 6.45) is 5.32. The summed E-state index contributed by atoms with van der Waals surface area (Å²) in [5, 5.41) is 0. The predicted octanol–water partition coefficient (Wildman–Crippen LogP) is 2.56. The predicted molar refractivity (Wildman–Crippen MR) is 75.7 cm³/mol. The van der Waals surface area contributed by atoms with Gasteiger partial charge in [-0.05, 0) is 38.3 Å². The van der Waals surface area contributed by atoms with Crippen LogP contribution in [0, 0.1) is 0 Å². The van der Waals surface area contributed by atoms with E-state index in [0.29, 0.717) is 18.0 Å². The minimum Gasteiger partial charge on any atom is -0.484 e. The van der Waals surface area contributed by atoms with Gasteiger partial charge in [-0.1, -0.05) is 12.1 Å². The Hall–Kier alpha value is -1.97. The Bertz CT molecular complexity index is 483. The van der Waals surface area contributed by atoms with E-state index >= 15 is 0 Å². The molecule has 0 saturated heterocycles. The van der Waals surface area contributed by atoms with Crippen molar-refractivity contribution in [2.45, 2.75) is 26.2 Å². The SMILES string of the molecule is CCN(C(=O)COc1cccc(N)c1)C1=CCCC1. The van der Waals surface area contributed by atoms with Crippen LogP contribution >= 0.6 is 0 Å². The first kappa shape index (κ1) is 13.5. The smallest absolute Gasteiger partial charge is 0.264 e. The number of nitrogens with zero attached hydrogens (tertiary/aromatic N) is 1. The van der Waals surface area contributed by atoms with Crippen molar-refractivity contribution in [3.8, 4) is 5.75 Å². The molecule has 0 fully saturated rings. The van der Waals surface area contributed by atoms with Gasteiger partial charge in [-0.3, -0.25) is 4.79 Å². The number of likely N-dealkylation sites (N-methyl/N-ethyl adjacent to an activating group) is 1. The van der Waals surface area contributed by atoms with Crippen LogP contribution in [0.15, 0.2) is 36.0 Å². The number of hydrogen-bond donors (Lipinski definition) is 1. The number of allylic oxidation sites excluding steroid dienone is 2. The standard InChI is InChI=1S/C15H20N2O2/c1-2-17(13-7-3-4-8-13)15(18)11-19-14-9-5-6-12(16)10-14/h5-7,9-10H,2-4,8,11,16H2,1H3. The number of carbonyl (C=O) groups is 1. The number of amides is 1. The van der Waals surface area contributed by atoms with E-state index in [1.807, 2.05) is 13.0 Å². The van der Waals surface area contributed by atoms with Gasteiger partial charge in [0, 0.05) is 24.0 Å². The van der Waals surface area contributed by atoms with Gasteiger partial charge in [0.05, 0.1) is 0 Å². The molecule has 0 unspecified atom stereocenters. The fraction of sp³-hybridized carbons (Fsp3) is 0.400. The van der Waals surface area contributed by atoms with Gasteiger partial charge in [0.15, 0.2) is 6.61 Å². The highest BCUT2D eigenvalue weighted by Crippen LogP contribution is 2.21. The Balaban J connectivity index is 1.92. The Morgan fingerprint density at radius 3 is 2.95 bits per heavy atom. The molecule has 1 amide bonds. The molecule has 2 N–H and O–H groups in total. The minimum absolute atomic E-state index is 0.00178. The van der Waals surface area contributed by atoms with Gasteiger partial charge in [0.1, 0.15) is 5.75 Å². The lowest BCUT2D eigenvalue weighted by Gasteiger charge is -2.22. The van der Waals surface area contributed by atoms with Crippen LogP contribution < -0.4 is 10.5 Å². The number of nitrogen functional groups attached to an aromatic ring is 1. The van der Waals surface area contributed by atoms with Crippen LogP contribution in [-0.4, -0.2) is 24.0 Å². The number of rotatable bonds is 5. The van der Waals surface area contributed by atoms with Crippen LogP contribution in [-0.2, 0) is 4.79 Å². The maximum atomic E-state index is 12.1. The second kappa shape index (κ2) is 6.27. The topological polar surface area (TPSA) is 55.6 Å². The van der Waals surface area contributed by atoms with Crippen molar-refractivity contribution in [2.24, 2.45) is 0 Å². The zero-order valence-corrected chi connectivity index (χ0v) is 11.3. The second-order valence-electron chi connectivity index (χ2n) is 4.59. The van der Waals surface area contributed by atoms with Crippen LogP contribution in [0.3, 0.4) is 0 Å². The molecule has 0 atom stereocenters. The zero-order valence-electron chi connectivity index (χ0n) is 11.3. The molecule has 0 radical (unpaired) electrons. The van der Waals surface area contributed by atoms with Crippen molar-refractivity contribution >= 4 is 11.6 Å². The van der Waals surface area contributed by atoms with Crippen LogP contribution in [0.4, 0.5) is 5.69 Å². The van der Waals surface area contributed by atoms with Crippen molar-refractivity contribution in [1.82, 2.24) is 4.90 Å². The molecule has 2 rings (SSSR count). The number of hydrogen-bond acceptors (Lipinski definition) is 3. The molecule has 4 nitrogen and oxygen atoms in total. The maximum absolute atomic E-state index is 12.1. The summed E-state index contributed by atoms with van der Waals surface area (Å²) >= 11 is 0. The Labute approximate surface area is 113 Å². The molecule has 19 heavy (non-hydrogen) atoms. The first-order valence-electron chi connectivity index (χ1n) is 6.68. The van der Waals surface area contributed by atoms with Gasteiger partial charge >= 0.3 is 0 Å². The fourth-order valence-corrected chi connectivity index (χ4v) is 2.27. The van der Waals surface area contributed by atoms with E-state index in [1.54, 1.807) is 23.1 Å². The van der Waals surface area contributed by atoms with E-state index in [2.05, 4.69) is 6.08 Å². The van der Waals surface area contributed by atoms with Gasteiger partial charge < -0.3 is 15.4 Å². The molecule has 0 bridgehead atoms. The lowest BCUT2D eigenvalue weighted by atomic mass is 10.3. The number of ether oxygens (including phenoxy) is 1. The quantitative estimate of drug-likeness (QED) is 0.828. The van der Waals surface area contributed by atoms with E-state index in [4.69, 9.17) is 10.5 Å². The normalized spacial score (nSPS) is 14.1. The summed E-state index contributed by atoms with van der Waals surface area (Å²) < 4.78 is 5.49. The summed E-state index contributed by atoms with van der Waals surface area (Å²) in [6, 6.07) is 7.12. The summed E-state index contributed by atoms with van der Waals surface area (Å²) in [7, 11) is 0. The minimum atomic E-state index is -0.00178. The summed E-state index contributed by atoms with van der Waals surface area (Å²) in [6.45, 7) is 2.72. The van der Waals surface area contributed by atoms with E-state index in [9.17, 15) is 4.79 Å². The van der Waals surface area contributed by atoms with Crippen molar-refractivity contribution in [1.29, 1.82) is 0 Å². The number of anilines is 1. The van der Waals surface area contributed by atoms with Crippen molar-refractivity contribution < 1.29 is 9.53 Å². The Kier molecular flexibility index (Phi) is 4.44. The largest absolute Gasteiger partial charge is 0.484 e. The average Bonchev–Trinajstić information content (AvgIpc) is 2.91. The highest BCUT2D eigenvalue weighted by Gasteiger charge is 2.18. The highest BCUT2D eigenvalue weighted by molar-refractivity contribution is 5.79. The molecular weight excluding hydrogens is 240 g/mol. The van der Waals surface area contributed by atoms with Crippen LogP contribution in [0.2, 0.25) is 0 Å². The molecule has 1 aliphatic carbocycles. The van der Waals surface area contributed by atoms with Crippen molar-refractivity contribution in [3.05, 3.63) is 36.0 Å². The molecule has 102 valence electrons. The number of carbonyl (C=O) groups excluding carboxylic acids is 1. The molecule has 1 aromatic rings. The lowest BCUT2D eigenvalue weighted by Crippen LogP contribution is -2.33. The maximum Gasteiger partial charge on any atom is 0.264 e. The van der Waals surface area contributed by atoms with E-state index < -0.39 is 0 Å². The van der Waals surface area contributed by atoms with E-state index in [0.717, 1.165) is 25.0 Å². The van der Waals surface area contributed by atoms with Crippen LogP contribution in [0.25, 0.3) is 0 Å². The molecule has 4 heteroatoms. The van der Waals surface area contributed by atoms with E-state index in [-0.39, 0.29) is 12.5 Å². The number of benzene rings is 1. The summed E-state index contributed by atoms with van der Waals surface area (Å²) in [4.78, 5) is 14.0. The lowest BCUT2D eigenvalue weighted by molar-refractivity contribution is -0.131. The Morgan fingerprint density at radius 2 is 2.32 bits per heavy atom. The molecule has 1 aromatic carbocycles. The average molecular weight is 260 g/mol. The molecule has 0 aromatic heterocycles. The van der Waals surface area contributed by atoms with Gasteiger partial charge in [0.25, 0.3) is 5.91 Å². The first-order valence-corrected chi connectivity index (χ1v) is 6.68. The van der Waals surface area contributed by atoms with Crippen molar-refractivity contribution in [2.75, 3.05) is 18.9 Å². The molecular formula is C15H20N2O2. The van der Waals surface area contributed by atoms with Crippen LogP contribution in [0.5, 0.6) is 5.75 Å². The molecule has 0 heterocycles. The fourth-order valence-electron chi connectivity index (χ4n) is 2.27. The summed E-state index contributed by atoms with van der Waals surface area (Å²) in [5.41, 5.74) is 7.43. The third-order valence-electron chi connectivity index (χ3n) is 3.20. The van der Waals surface area contributed by atoms with Gasteiger partial charge in [0.2, 0.25) is 0 Å². The van der Waals surface area contributed by atoms with Gasteiger partial charge in [-0.15, -0.1) is 0 Å². The van der Waals surface area contributed by atoms with Crippen LogP contribution in [0.1, 0.15) is 26.2 Å². The number of nitrogens with two attached hydrogens (primary N) is 1. The molecule has 0 saturated carbocycles. The zero-order chi connectivity index (χ0) is 13.7. The van der Waals surface area contributed by atoms with Gasteiger partial charge in [-0.25, -0.2) is 0 Å². The third-order valence-corrected chi connectivity index (χ3v) is 3.20. The molecule has 1 aliphatic rings. The molecule has 0 spiro atoms. The van der Waals surface area contributed by atoms with Crippen molar-refractivity contribution in [3.63, 3.8) is 0 Å². The third kappa shape index (κ3) is 3.50. The monoisotopic (exact) mass is 260 g/mol. The van der Waals surface area contributed by atoms with Gasteiger partial charge in [-0.2, -0.15) is 0 Å². The Morgan fingerprint density at radius 1 is 1.47 bits per heavy atom. The first-order chi connectivity index (χ1) is 9.20. The second-order valence-corrected chi connectivity index (χ2v) is 4.59. The molecule has 0 aliphatic heterocycles. The van der Waals surface area contributed by atoms with E-state index in [1.165, 1.54) is 0 Å². The highest BCUT2D eigenvalue weighted by atomic mass is 16.5.